The molecule has 0 fully saturated rings. The lowest BCUT2D eigenvalue weighted by Gasteiger charge is -2.29. The molecule has 3 atom stereocenters. The average Bonchev–Trinajstić information content (AvgIpc) is 3.44. The maximum Gasteiger partial charge on any atom is 0.459 e. The highest BCUT2D eigenvalue weighted by molar-refractivity contribution is 7.52. The SMILES string of the molecule is CCCCOC(=O)[C@H](C)N[P@](=O)(OC[C@H](C(C)C)n1c(COCC)nc2c(N)nc3ccccc3c21)Oc1cccc2ccccc12. The Morgan fingerprint density at radius 2 is 1.70 bits per heavy atom. The summed E-state index contributed by atoms with van der Waals surface area (Å²) >= 11 is 0. The number of aromatic nitrogens is 3. The number of nitrogens with zero attached hydrogens (tertiary/aromatic N) is 3. The number of unbranched alkanes of at least 4 members (excludes halogenated alkanes) is 1. The Bertz CT molecular complexity index is 1890. The second-order valence-electron chi connectivity index (χ2n) is 11.8. The van der Waals surface area contributed by atoms with E-state index in [0.717, 1.165) is 40.0 Å². The number of para-hydroxylation sites is 1. The first-order chi connectivity index (χ1) is 22.7. The van der Waals surface area contributed by atoms with Crippen LogP contribution in [0.3, 0.4) is 0 Å². The number of imidazole rings is 1. The van der Waals surface area contributed by atoms with Crippen molar-refractivity contribution in [3.63, 3.8) is 0 Å². The van der Waals surface area contributed by atoms with Gasteiger partial charge in [0.25, 0.3) is 0 Å². The summed E-state index contributed by atoms with van der Waals surface area (Å²) in [6.07, 6.45) is 1.61. The van der Waals surface area contributed by atoms with E-state index in [9.17, 15) is 9.36 Å². The van der Waals surface area contributed by atoms with E-state index in [0.29, 0.717) is 29.5 Å². The van der Waals surface area contributed by atoms with Crippen LogP contribution in [0.25, 0.3) is 32.7 Å². The fourth-order valence-corrected chi connectivity index (χ4v) is 7.01. The molecule has 0 spiro atoms. The fraction of sp³-hybridized carbons (Fsp3) is 0.400. The molecule has 47 heavy (non-hydrogen) atoms. The first kappa shape index (κ1) is 34.3. The van der Waals surface area contributed by atoms with E-state index < -0.39 is 25.8 Å². The summed E-state index contributed by atoms with van der Waals surface area (Å²) in [6, 6.07) is 19.5. The van der Waals surface area contributed by atoms with Crippen molar-refractivity contribution < 1.29 is 27.9 Å². The summed E-state index contributed by atoms with van der Waals surface area (Å²) < 4.78 is 40.5. The quantitative estimate of drug-likeness (QED) is 0.0618. The number of nitrogen functional groups attached to an aromatic ring is 1. The van der Waals surface area contributed by atoms with Gasteiger partial charge in [0.2, 0.25) is 0 Å². The van der Waals surface area contributed by atoms with Crippen LogP contribution in [0.1, 0.15) is 59.3 Å². The van der Waals surface area contributed by atoms with E-state index in [2.05, 4.69) is 28.5 Å². The van der Waals surface area contributed by atoms with Gasteiger partial charge in [0.15, 0.2) is 5.82 Å². The summed E-state index contributed by atoms with van der Waals surface area (Å²) in [7, 11) is -4.20. The number of rotatable bonds is 16. The van der Waals surface area contributed by atoms with E-state index >= 15 is 0 Å². The Morgan fingerprint density at radius 3 is 2.45 bits per heavy atom. The molecule has 0 saturated carbocycles. The summed E-state index contributed by atoms with van der Waals surface area (Å²) in [5.74, 6) is 0.739. The van der Waals surface area contributed by atoms with Gasteiger partial charge >= 0.3 is 13.7 Å². The van der Waals surface area contributed by atoms with Crippen molar-refractivity contribution in [3.05, 3.63) is 72.6 Å². The van der Waals surface area contributed by atoms with Crippen LogP contribution in [-0.4, -0.2) is 46.4 Å². The molecule has 11 nitrogen and oxygen atoms in total. The maximum atomic E-state index is 14.7. The zero-order chi connectivity index (χ0) is 33.6. The Morgan fingerprint density at radius 1 is 0.979 bits per heavy atom. The first-order valence-corrected chi connectivity index (χ1v) is 17.7. The normalized spacial score (nSPS) is 14.4. The molecule has 0 unspecified atom stereocenters. The molecular weight excluding hydrogens is 617 g/mol. The van der Waals surface area contributed by atoms with Crippen LogP contribution in [-0.2, 0) is 30.0 Å². The molecule has 5 rings (SSSR count). The van der Waals surface area contributed by atoms with Crippen molar-refractivity contribution in [1.29, 1.82) is 0 Å². The number of nitrogens with one attached hydrogen (secondary N) is 1. The summed E-state index contributed by atoms with van der Waals surface area (Å²) in [6.45, 7) is 10.6. The van der Waals surface area contributed by atoms with Crippen molar-refractivity contribution in [2.75, 3.05) is 25.6 Å². The first-order valence-electron chi connectivity index (χ1n) is 16.1. The summed E-state index contributed by atoms with van der Waals surface area (Å²) in [4.78, 5) is 22.3. The van der Waals surface area contributed by atoms with Crippen LogP contribution >= 0.6 is 7.75 Å². The number of hydrogen-bond acceptors (Lipinski definition) is 9. The molecule has 0 bridgehead atoms. The van der Waals surface area contributed by atoms with Gasteiger partial charge in [-0.15, -0.1) is 0 Å². The highest BCUT2D eigenvalue weighted by Crippen LogP contribution is 2.48. The molecule has 2 heterocycles. The highest BCUT2D eigenvalue weighted by atomic mass is 31.2. The molecule has 0 aliphatic carbocycles. The Kier molecular flexibility index (Phi) is 11.1. The molecular formula is C35H44N5O6P. The van der Waals surface area contributed by atoms with Gasteiger partial charge in [0, 0.05) is 17.4 Å². The second kappa shape index (κ2) is 15.3. The molecule has 0 amide bonds. The van der Waals surface area contributed by atoms with E-state index in [4.69, 9.17) is 29.2 Å². The molecule has 250 valence electrons. The van der Waals surface area contributed by atoms with Crippen molar-refractivity contribution in [2.24, 2.45) is 5.92 Å². The number of fused-ring (bicyclic) bond motifs is 4. The van der Waals surface area contributed by atoms with Gasteiger partial charge in [-0.2, -0.15) is 5.09 Å². The van der Waals surface area contributed by atoms with Crippen LogP contribution in [0, 0.1) is 5.92 Å². The lowest BCUT2D eigenvalue weighted by atomic mass is 10.0. The number of carbonyl (C=O) groups excluding carboxylic acids is 1. The van der Waals surface area contributed by atoms with Gasteiger partial charge < -0.3 is 24.3 Å². The minimum Gasteiger partial charge on any atom is -0.465 e. The predicted molar refractivity (Wildman–Crippen MR) is 185 cm³/mol. The number of carbonyl (C=O) groups is 1. The van der Waals surface area contributed by atoms with E-state index in [1.165, 1.54) is 0 Å². The Hall–Kier alpha value is -4.02. The number of benzene rings is 3. The molecule has 0 aliphatic heterocycles. The van der Waals surface area contributed by atoms with Gasteiger partial charge in [0.05, 0.1) is 30.3 Å². The van der Waals surface area contributed by atoms with E-state index in [-0.39, 0.29) is 25.7 Å². The summed E-state index contributed by atoms with van der Waals surface area (Å²) in [5.41, 5.74) is 8.51. The Balaban J connectivity index is 1.55. The number of ether oxygens (including phenoxy) is 2. The van der Waals surface area contributed by atoms with Crippen molar-refractivity contribution in [3.8, 4) is 5.75 Å². The smallest absolute Gasteiger partial charge is 0.459 e. The predicted octanol–water partition coefficient (Wildman–Crippen LogP) is 7.58. The van der Waals surface area contributed by atoms with Crippen LogP contribution in [0.4, 0.5) is 5.82 Å². The van der Waals surface area contributed by atoms with Gasteiger partial charge in [-0.25, -0.2) is 14.5 Å². The van der Waals surface area contributed by atoms with E-state index in [1.54, 1.807) is 13.0 Å². The van der Waals surface area contributed by atoms with Crippen LogP contribution in [0.5, 0.6) is 5.75 Å². The standard InChI is InChI=1S/C35H44N5O6P/c1-6-8-20-44-35(41)24(5)39-47(42,46-30-19-13-15-25-14-9-10-16-26(25)30)45-21-29(23(3)4)40-31(22-43-7-2)38-32-33(40)27-17-11-12-18-28(27)37-34(32)36/h9-19,23-24,29H,6-8,20-22H2,1-5H3,(H2,36,37)(H,39,42)/t24-,29+,47-/m0/s1. The monoisotopic (exact) mass is 661 g/mol. The molecule has 3 aromatic carbocycles. The fourth-order valence-electron chi connectivity index (χ4n) is 5.49. The third-order valence-electron chi connectivity index (χ3n) is 7.99. The minimum absolute atomic E-state index is 0.0247. The maximum absolute atomic E-state index is 14.7. The van der Waals surface area contributed by atoms with E-state index in [1.807, 2.05) is 74.5 Å². The number of anilines is 1. The van der Waals surface area contributed by atoms with Gasteiger partial charge in [-0.05, 0) is 43.7 Å². The van der Waals surface area contributed by atoms with Gasteiger partial charge in [0.1, 0.15) is 29.7 Å². The zero-order valence-electron chi connectivity index (χ0n) is 27.6. The van der Waals surface area contributed by atoms with Crippen LogP contribution in [0.2, 0.25) is 0 Å². The van der Waals surface area contributed by atoms with Crippen LogP contribution < -0.4 is 15.3 Å². The third-order valence-corrected chi connectivity index (χ3v) is 9.62. The van der Waals surface area contributed by atoms with Crippen molar-refractivity contribution in [2.45, 2.75) is 66.2 Å². The number of pyridine rings is 1. The average molecular weight is 662 g/mol. The number of hydrogen-bond donors (Lipinski definition) is 2. The zero-order valence-corrected chi connectivity index (χ0v) is 28.5. The highest BCUT2D eigenvalue weighted by Gasteiger charge is 2.35. The lowest BCUT2D eigenvalue weighted by Crippen LogP contribution is -2.36. The number of esters is 1. The third kappa shape index (κ3) is 7.76. The minimum atomic E-state index is -4.20. The van der Waals surface area contributed by atoms with Crippen molar-refractivity contribution in [1.82, 2.24) is 19.6 Å². The largest absolute Gasteiger partial charge is 0.465 e. The summed E-state index contributed by atoms with van der Waals surface area (Å²) in [5, 5.41) is 5.39. The Labute approximate surface area is 275 Å². The molecule has 12 heteroatoms. The topological polar surface area (TPSA) is 140 Å². The van der Waals surface area contributed by atoms with Gasteiger partial charge in [-0.1, -0.05) is 81.8 Å². The van der Waals surface area contributed by atoms with Crippen molar-refractivity contribution >= 4 is 52.2 Å². The second-order valence-corrected chi connectivity index (χ2v) is 13.5. The number of nitrogens with two attached hydrogens (primary N) is 1. The molecule has 0 radical (unpaired) electrons. The molecule has 0 aliphatic rings. The molecule has 3 N–H and O–H groups in total. The van der Waals surface area contributed by atoms with Crippen LogP contribution in [0.15, 0.2) is 66.7 Å². The van der Waals surface area contributed by atoms with Gasteiger partial charge in [-0.3, -0.25) is 9.32 Å². The molecule has 5 aromatic rings. The molecule has 0 saturated heterocycles. The molecule has 2 aromatic heterocycles. The lowest BCUT2D eigenvalue weighted by molar-refractivity contribution is -0.145.